The molecule has 0 aliphatic heterocycles. The Morgan fingerprint density at radius 2 is 1.72 bits per heavy atom. The highest BCUT2D eigenvalue weighted by molar-refractivity contribution is 9.10. The van der Waals surface area contributed by atoms with Crippen LogP contribution >= 0.6 is 15.9 Å². The number of carbonyl (C=O) groups is 1. The summed E-state index contributed by atoms with van der Waals surface area (Å²) in [7, 11) is -2.78. The monoisotopic (exact) mass is 478 g/mol. The van der Waals surface area contributed by atoms with Crippen LogP contribution in [-0.2, 0) is 26.1 Å². The van der Waals surface area contributed by atoms with E-state index in [0.717, 1.165) is 9.87 Å². The van der Waals surface area contributed by atoms with Crippen molar-refractivity contribution in [3.8, 4) is 11.5 Å². The molecule has 0 N–H and O–H groups in total. The van der Waals surface area contributed by atoms with E-state index in [4.69, 9.17) is 9.15 Å². The number of esters is 1. The number of hydrogen-bond acceptors (Lipinski definition) is 6. The van der Waals surface area contributed by atoms with Crippen LogP contribution in [-0.4, -0.2) is 36.8 Å². The fourth-order valence-electron chi connectivity index (χ4n) is 2.73. The molecular weight excluding hydrogens is 460 g/mol. The molecule has 1 heterocycles. The van der Waals surface area contributed by atoms with E-state index in [0.29, 0.717) is 16.3 Å². The summed E-state index contributed by atoms with van der Waals surface area (Å²) in [5, 5.41) is 0. The molecule has 1 aromatic heterocycles. The SMILES string of the molecule is COC(=O)[C@H](C)N(Cc1nc(-c2ccccc2)oc1Br)S(=O)(=O)c1ccccc1. The summed E-state index contributed by atoms with van der Waals surface area (Å²) >= 11 is 3.30. The third kappa shape index (κ3) is 4.58. The van der Waals surface area contributed by atoms with E-state index in [2.05, 4.69) is 20.9 Å². The van der Waals surface area contributed by atoms with Crippen molar-refractivity contribution in [3.63, 3.8) is 0 Å². The van der Waals surface area contributed by atoms with Gasteiger partial charge in [-0.2, -0.15) is 4.31 Å². The molecule has 0 aliphatic carbocycles. The highest BCUT2D eigenvalue weighted by atomic mass is 79.9. The van der Waals surface area contributed by atoms with Crippen LogP contribution in [0, 0.1) is 0 Å². The van der Waals surface area contributed by atoms with Crippen LogP contribution in [0.25, 0.3) is 11.5 Å². The zero-order valence-electron chi connectivity index (χ0n) is 15.8. The van der Waals surface area contributed by atoms with Crippen molar-refractivity contribution in [3.05, 3.63) is 71.0 Å². The number of benzene rings is 2. The first-order valence-corrected chi connectivity index (χ1v) is 10.9. The van der Waals surface area contributed by atoms with Crippen LogP contribution in [0.4, 0.5) is 0 Å². The number of hydrogen-bond donors (Lipinski definition) is 0. The molecule has 0 amide bonds. The number of rotatable bonds is 7. The lowest BCUT2D eigenvalue weighted by molar-refractivity contribution is -0.144. The number of sulfonamides is 1. The summed E-state index contributed by atoms with van der Waals surface area (Å²) in [4.78, 5) is 16.6. The van der Waals surface area contributed by atoms with Crippen molar-refractivity contribution in [1.29, 1.82) is 0 Å². The first kappa shape index (κ1) is 21.2. The average Bonchev–Trinajstić information content (AvgIpc) is 3.12. The van der Waals surface area contributed by atoms with Crippen molar-refractivity contribution in [2.45, 2.75) is 24.4 Å². The number of carbonyl (C=O) groups excluding carboxylic acids is 1. The van der Waals surface area contributed by atoms with E-state index < -0.39 is 22.0 Å². The van der Waals surface area contributed by atoms with Gasteiger partial charge in [0.1, 0.15) is 11.7 Å². The molecule has 0 saturated heterocycles. The van der Waals surface area contributed by atoms with E-state index in [-0.39, 0.29) is 11.4 Å². The molecule has 7 nitrogen and oxygen atoms in total. The predicted molar refractivity (Wildman–Crippen MR) is 110 cm³/mol. The van der Waals surface area contributed by atoms with Crippen LogP contribution in [0.15, 0.2) is 74.6 Å². The lowest BCUT2D eigenvalue weighted by atomic mass is 10.2. The molecule has 0 saturated carbocycles. The average molecular weight is 479 g/mol. The maximum absolute atomic E-state index is 13.2. The largest absolute Gasteiger partial charge is 0.468 e. The van der Waals surface area contributed by atoms with Gasteiger partial charge in [-0.25, -0.2) is 13.4 Å². The Morgan fingerprint density at radius 1 is 1.14 bits per heavy atom. The second kappa shape index (κ2) is 8.89. The highest BCUT2D eigenvalue weighted by Gasteiger charge is 2.35. The maximum atomic E-state index is 13.2. The van der Waals surface area contributed by atoms with E-state index >= 15 is 0 Å². The summed E-state index contributed by atoms with van der Waals surface area (Å²) < 4.78 is 38.2. The van der Waals surface area contributed by atoms with E-state index in [9.17, 15) is 13.2 Å². The Morgan fingerprint density at radius 3 is 2.31 bits per heavy atom. The van der Waals surface area contributed by atoms with E-state index in [1.807, 2.05) is 30.3 Å². The molecule has 1 atom stereocenters. The standard InChI is InChI=1S/C20H19BrN2O5S/c1-14(20(24)27-2)23(29(25,26)16-11-7-4-8-12-16)13-17-18(21)28-19(22-17)15-9-5-3-6-10-15/h3-12,14H,13H2,1-2H3/t14-/m0/s1. The predicted octanol–water partition coefficient (Wildman–Crippen LogP) is 3.86. The van der Waals surface area contributed by atoms with Crippen LogP contribution in [0.5, 0.6) is 0 Å². The molecule has 3 aromatic rings. The van der Waals surface area contributed by atoms with Gasteiger partial charge in [-0.3, -0.25) is 4.79 Å². The number of aromatic nitrogens is 1. The van der Waals surface area contributed by atoms with Crippen LogP contribution in [0.1, 0.15) is 12.6 Å². The molecule has 0 spiro atoms. The van der Waals surface area contributed by atoms with Crippen molar-refractivity contribution in [1.82, 2.24) is 9.29 Å². The Kier molecular flexibility index (Phi) is 6.51. The third-order valence-electron chi connectivity index (χ3n) is 4.30. The lowest BCUT2D eigenvalue weighted by Gasteiger charge is -2.26. The van der Waals surface area contributed by atoms with Gasteiger partial charge in [-0.15, -0.1) is 0 Å². The number of ether oxygens (including phenoxy) is 1. The second-order valence-electron chi connectivity index (χ2n) is 6.17. The zero-order valence-corrected chi connectivity index (χ0v) is 18.2. The number of nitrogens with zero attached hydrogens (tertiary/aromatic N) is 2. The summed E-state index contributed by atoms with van der Waals surface area (Å²) in [5.74, 6) is -0.331. The van der Waals surface area contributed by atoms with Crippen molar-refractivity contribution in [2.75, 3.05) is 7.11 Å². The topological polar surface area (TPSA) is 89.7 Å². The minimum atomic E-state index is -4.00. The van der Waals surface area contributed by atoms with Crippen molar-refractivity contribution in [2.24, 2.45) is 0 Å². The van der Waals surface area contributed by atoms with Gasteiger partial charge in [-0.05, 0) is 47.1 Å². The molecule has 0 unspecified atom stereocenters. The van der Waals surface area contributed by atoms with Crippen LogP contribution in [0.3, 0.4) is 0 Å². The van der Waals surface area contributed by atoms with Crippen LogP contribution < -0.4 is 0 Å². The Hall–Kier alpha value is -2.49. The fourth-order valence-corrected chi connectivity index (χ4v) is 4.66. The summed E-state index contributed by atoms with van der Waals surface area (Å²) in [6.07, 6.45) is 0. The van der Waals surface area contributed by atoms with Gasteiger partial charge in [0.2, 0.25) is 15.9 Å². The van der Waals surface area contributed by atoms with E-state index in [1.54, 1.807) is 18.2 Å². The van der Waals surface area contributed by atoms with Gasteiger partial charge in [0.15, 0.2) is 4.67 Å². The van der Waals surface area contributed by atoms with Gasteiger partial charge in [0.05, 0.1) is 18.6 Å². The summed E-state index contributed by atoms with van der Waals surface area (Å²) in [5.41, 5.74) is 1.09. The molecule has 0 aliphatic rings. The molecule has 152 valence electrons. The molecule has 3 rings (SSSR count). The number of methoxy groups -OCH3 is 1. The summed E-state index contributed by atoms with van der Waals surface area (Å²) in [6.45, 7) is 1.29. The first-order valence-electron chi connectivity index (χ1n) is 8.70. The highest BCUT2D eigenvalue weighted by Crippen LogP contribution is 2.29. The maximum Gasteiger partial charge on any atom is 0.323 e. The minimum absolute atomic E-state index is 0.0682. The van der Waals surface area contributed by atoms with Gasteiger partial charge in [0.25, 0.3) is 0 Å². The normalized spacial score (nSPS) is 12.7. The second-order valence-corrected chi connectivity index (χ2v) is 8.78. The Bertz CT molecular complexity index is 1080. The molecular formula is C20H19BrN2O5S. The Balaban J connectivity index is 2.00. The Labute approximate surface area is 177 Å². The molecule has 0 bridgehead atoms. The van der Waals surface area contributed by atoms with Gasteiger partial charge < -0.3 is 9.15 Å². The van der Waals surface area contributed by atoms with Gasteiger partial charge in [-0.1, -0.05) is 36.4 Å². The molecule has 0 fully saturated rings. The lowest BCUT2D eigenvalue weighted by Crippen LogP contribution is -2.43. The van der Waals surface area contributed by atoms with E-state index in [1.165, 1.54) is 26.2 Å². The first-order chi connectivity index (χ1) is 13.8. The molecule has 9 heteroatoms. The zero-order chi connectivity index (χ0) is 21.0. The summed E-state index contributed by atoms with van der Waals surface area (Å²) in [6, 6.07) is 16.1. The molecule has 0 radical (unpaired) electrons. The quantitative estimate of drug-likeness (QED) is 0.479. The van der Waals surface area contributed by atoms with Crippen molar-refractivity contribution >= 4 is 31.9 Å². The minimum Gasteiger partial charge on any atom is -0.468 e. The third-order valence-corrected chi connectivity index (χ3v) is 6.85. The number of halogens is 1. The fraction of sp³-hybridized carbons (Fsp3) is 0.200. The molecule has 29 heavy (non-hydrogen) atoms. The van der Waals surface area contributed by atoms with Gasteiger partial charge in [0, 0.05) is 5.56 Å². The smallest absolute Gasteiger partial charge is 0.323 e. The van der Waals surface area contributed by atoms with Crippen molar-refractivity contribution < 1.29 is 22.4 Å². The van der Waals surface area contributed by atoms with Gasteiger partial charge >= 0.3 is 5.97 Å². The molecule has 2 aromatic carbocycles. The number of oxazole rings is 1. The van der Waals surface area contributed by atoms with Crippen LogP contribution in [0.2, 0.25) is 0 Å².